The first-order valence-electron chi connectivity index (χ1n) is 7.38. The standard InChI is InChI=1S/C14H22N4O3/c19-7-4-17-5-9-21-14(10-17)11-18(6-8-20-12-14)13-15-2-1-3-16-13/h1-3,19H,4-12H2/t14-/m0/s1. The predicted octanol–water partition coefficient (Wildman–Crippen LogP) is -0.623. The molecule has 21 heavy (non-hydrogen) atoms. The van der Waals surface area contributed by atoms with E-state index in [0.29, 0.717) is 38.9 Å². The molecule has 2 saturated heterocycles. The van der Waals surface area contributed by atoms with Crippen LogP contribution in [0.3, 0.4) is 0 Å². The lowest BCUT2D eigenvalue weighted by atomic mass is 10.0. The highest BCUT2D eigenvalue weighted by Gasteiger charge is 2.40. The molecule has 0 amide bonds. The van der Waals surface area contributed by atoms with Crippen LogP contribution < -0.4 is 4.90 Å². The molecule has 0 unspecified atom stereocenters. The van der Waals surface area contributed by atoms with Crippen molar-refractivity contribution < 1.29 is 14.6 Å². The van der Waals surface area contributed by atoms with E-state index < -0.39 is 0 Å². The summed E-state index contributed by atoms with van der Waals surface area (Å²) in [5.41, 5.74) is -0.372. The molecule has 1 N–H and O–H groups in total. The first-order valence-corrected chi connectivity index (χ1v) is 7.38. The van der Waals surface area contributed by atoms with Crippen LogP contribution in [-0.2, 0) is 9.47 Å². The van der Waals surface area contributed by atoms with Crippen molar-refractivity contribution in [3.8, 4) is 0 Å². The Labute approximate surface area is 124 Å². The number of ether oxygens (including phenoxy) is 2. The second-order valence-corrected chi connectivity index (χ2v) is 5.55. The average molecular weight is 294 g/mol. The number of aromatic nitrogens is 2. The van der Waals surface area contributed by atoms with Crippen molar-refractivity contribution >= 4 is 5.95 Å². The Balaban J connectivity index is 1.75. The van der Waals surface area contributed by atoms with Crippen molar-refractivity contribution in [1.29, 1.82) is 0 Å². The second-order valence-electron chi connectivity index (χ2n) is 5.55. The third kappa shape index (κ3) is 3.49. The Bertz CT molecular complexity index is 445. The van der Waals surface area contributed by atoms with E-state index in [1.54, 1.807) is 12.4 Å². The third-order valence-corrected chi connectivity index (χ3v) is 3.93. The van der Waals surface area contributed by atoms with E-state index in [1.165, 1.54) is 0 Å². The highest BCUT2D eigenvalue weighted by molar-refractivity contribution is 5.30. The Morgan fingerprint density at radius 2 is 2.05 bits per heavy atom. The van der Waals surface area contributed by atoms with Gasteiger partial charge < -0.3 is 19.5 Å². The molecule has 0 aliphatic carbocycles. The molecule has 7 nitrogen and oxygen atoms in total. The summed E-state index contributed by atoms with van der Waals surface area (Å²) >= 11 is 0. The summed E-state index contributed by atoms with van der Waals surface area (Å²) in [5.74, 6) is 0.713. The van der Waals surface area contributed by atoms with Crippen LogP contribution in [0.1, 0.15) is 0 Å². The minimum absolute atomic E-state index is 0.169. The van der Waals surface area contributed by atoms with Crippen molar-refractivity contribution in [2.24, 2.45) is 0 Å². The van der Waals surface area contributed by atoms with E-state index >= 15 is 0 Å². The molecule has 1 atom stereocenters. The maximum Gasteiger partial charge on any atom is 0.225 e. The summed E-state index contributed by atoms with van der Waals surface area (Å²) < 4.78 is 11.8. The molecular weight excluding hydrogens is 272 g/mol. The predicted molar refractivity (Wildman–Crippen MR) is 77.3 cm³/mol. The number of hydrogen-bond acceptors (Lipinski definition) is 7. The molecule has 116 valence electrons. The van der Waals surface area contributed by atoms with Crippen LogP contribution in [0.25, 0.3) is 0 Å². The molecule has 0 radical (unpaired) electrons. The van der Waals surface area contributed by atoms with Crippen molar-refractivity contribution in [2.45, 2.75) is 5.60 Å². The van der Waals surface area contributed by atoms with Gasteiger partial charge in [0.15, 0.2) is 0 Å². The van der Waals surface area contributed by atoms with Gasteiger partial charge >= 0.3 is 0 Å². The van der Waals surface area contributed by atoms with Crippen molar-refractivity contribution in [2.75, 3.05) is 64.1 Å². The molecule has 3 rings (SSSR count). The van der Waals surface area contributed by atoms with Crippen LogP contribution in [0.2, 0.25) is 0 Å². The zero-order chi connectivity index (χ0) is 14.5. The molecule has 0 saturated carbocycles. The quantitative estimate of drug-likeness (QED) is 0.796. The number of aliphatic hydroxyl groups excluding tert-OH is 1. The number of nitrogens with zero attached hydrogens (tertiary/aromatic N) is 4. The van der Waals surface area contributed by atoms with Gasteiger partial charge in [-0.2, -0.15) is 0 Å². The lowest BCUT2D eigenvalue weighted by molar-refractivity contribution is -0.133. The maximum atomic E-state index is 9.15. The molecule has 7 heteroatoms. The number of hydrogen-bond donors (Lipinski definition) is 1. The van der Waals surface area contributed by atoms with Gasteiger partial charge in [-0.05, 0) is 6.07 Å². The summed E-state index contributed by atoms with van der Waals surface area (Å²) in [5, 5.41) is 9.15. The summed E-state index contributed by atoms with van der Waals surface area (Å²) in [7, 11) is 0. The number of β-amino-alcohol motifs (C(OH)–C–C–N with tert-alkyl or cyclic N) is 1. The first-order chi connectivity index (χ1) is 10.3. The molecule has 2 fully saturated rings. The zero-order valence-corrected chi connectivity index (χ0v) is 12.1. The SMILES string of the molecule is OCCN1CCO[C@@]2(COCCN(c3ncccn3)C2)C1. The fourth-order valence-corrected chi connectivity index (χ4v) is 2.97. The molecule has 1 aromatic heterocycles. The lowest BCUT2D eigenvalue weighted by Crippen LogP contribution is -2.59. The van der Waals surface area contributed by atoms with Crippen LogP contribution in [0.15, 0.2) is 18.5 Å². The Hall–Kier alpha value is -1.28. The Morgan fingerprint density at radius 3 is 2.86 bits per heavy atom. The van der Waals surface area contributed by atoms with E-state index in [-0.39, 0.29) is 12.2 Å². The van der Waals surface area contributed by atoms with Gasteiger partial charge in [0, 0.05) is 38.6 Å². The molecule has 0 aromatic carbocycles. The van der Waals surface area contributed by atoms with Gasteiger partial charge in [-0.1, -0.05) is 0 Å². The van der Waals surface area contributed by atoms with Crippen LogP contribution >= 0.6 is 0 Å². The van der Waals surface area contributed by atoms with Crippen molar-refractivity contribution in [3.63, 3.8) is 0 Å². The largest absolute Gasteiger partial charge is 0.395 e. The van der Waals surface area contributed by atoms with E-state index in [1.807, 2.05) is 6.07 Å². The van der Waals surface area contributed by atoms with Crippen molar-refractivity contribution in [1.82, 2.24) is 14.9 Å². The normalized spacial score (nSPS) is 27.8. The van der Waals surface area contributed by atoms with Crippen LogP contribution in [-0.4, -0.2) is 84.7 Å². The molecule has 2 aliphatic heterocycles. The highest BCUT2D eigenvalue weighted by Crippen LogP contribution is 2.24. The van der Waals surface area contributed by atoms with Gasteiger partial charge in [-0.3, -0.25) is 4.90 Å². The van der Waals surface area contributed by atoms with Gasteiger partial charge in [0.1, 0.15) is 5.60 Å². The molecule has 3 heterocycles. The monoisotopic (exact) mass is 294 g/mol. The highest BCUT2D eigenvalue weighted by atomic mass is 16.5. The first kappa shape index (κ1) is 14.6. The number of anilines is 1. The van der Waals surface area contributed by atoms with Gasteiger partial charge in [-0.25, -0.2) is 9.97 Å². The summed E-state index contributed by atoms with van der Waals surface area (Å²) in [6.45, 7) is 5.79. The van der Waals surface area contributed by atoms with E-state index in [0.717, 1.165) is 19.6 Å². The van der Waals surface area contributed by atoms with Crippen LogP contribution in [0, 0.1) is 0 Å². The van der Waals surface area contributed by atoms with Gasteiger partial charge in [0.05, 0.1) is 33.0 Å². The van der Waals surface area contributed by atoms with Gasteiger partial charge in [0.25, 0.3) is 0 Å². The Kier molecular flexibility index (Phi) is 4.64. The van der Waals surface area contributed by atoms with E-state index in [2.05, 4.69) is 19.8 Å². The molecule has 2 aliphatic rings. The molecular formula is C14H22N4O3. The Morgan fingerprint density at radius 1 is 1.19 bits per heavy atom. The second kappa shape index (κ2) is 6.65. The van der Waals surface area contributed by atoms with Gasteiger partial charge in [-0.15, -0.1) is 0 Å². The number of rotatable bonds is 3. The van der Waals surface area contributed by atoms with Crippen molar-refractivity contribution in [3.05, 3.63) is 18.5 Å². The molecule has 1 aromatic rings. The smallest absolute Gasteiger partial charge is 0.225 e. The summed E-state index contributed by atoms with van der Waals surface area (Å²) in [6.07, 6.45) is 3.50. The summed E-state index contributed by atoms with van der Waals surface area (Å²) in [6, 6.07) is 1.81. The van der Waals surface area contributed by atoms with Gasteiger partial charge in [0.2, 0.25) is 5.95 Å². The van der Waals surface area contributed by atoms with Crippen LogP contribution in [0.4, 0.5) is 5.95 Å². The number of aliphatic hydroxyl groups is 1. The van der Waals surface area contributed by atoms with E-state index in [4.69, 9.17) is 14.6 Å². The zero-order valence-electron chi connectivity index (χ0n) is 12.1. The number of morpholine rings is 1. The minimum Gasteiger partial charge on any atom is -0.395 e. The fraction of sp³-hybridized carbons (Fsp3) is 0.714. The van der Waals surface area contributed by atoms with E-state index in [9.17, 15) is 0 Å². The fourth-order valence-electron chi connectivity index (χ4n) is 2.97. The third-order valence-electron chi connectivity index (χ3n) is 3.93. The topological polar surface area (TPSA) is 71.0 Å². The molecule has 1 spiro atoms. The average Bonchev–Trinajstić information content (AvgIpc) is 2.71. The lowest BCUT2D eigenvalue weighted by Gasteiger charge is -2.43. The summed E-state index contributed by atoms with van der Waals surface area (Å²) in [4.78, 5) is 13.0. The van der Waals surface area contributed by atoms with Crippen LogP contribution in [0.5, 0.6) is 0 Å². The molecule has 0 bridgehead atoms. The maximum absolute atomic E-state index is 9.15. The minimum atomic E-state index is -0.372.